The summed E-state index contributed by atoms with van der Waals surface area (Å²) in [5.74, 6) is 1.22. The molecule has 1 aromatic carbocycles. The molecule has 4 rings (SSSR count). The Morgan fingerprint density at radius 2 is 2.13 bits per heavy atom. The Morgan fingerprint density at radius 1 is 1.35 bits per heavy atom. The molecule has 23 heavy (non-hydrogen) atoms. The fourth-order valence-corrected chi connectivity index (χ4v) is 5.26. The van der Waals surface area contributed by atoms with Crippen molar-refractivity contribution in [2.75, 3.05) is 24.6 Å². The summed E-state index contributed by atoms with van der Waals surface area (Å²) >= 11 is 9.85. The van der Waals surface area contributed by atoms with Gasteiger partial charge in [-0.15, -0.1) is 0 Å². The van der Waals surface area contributed by atoms with Crippen LogP contribution >= 0.6 is 27.5 Å². The fraction of sp³-hybridized carbons (Fsp3) is 0.562. The summed E-state index contributed by atoms with van der Waals surface area (Å²) in [6, 6.07) is 3.74. The number of likely N-dealkylation sites (tertiary alicyclic amines) is 1. The van der Waals surface area contributed by atoms with Crippen LogP contribution in [-0.4, -0.2) is 53.0 Å². The van der Waals surface area contributed by atoms with E-state index in [9.17, 15) is 15.0 Å². The van der Waals surface area contributed by atoms with Gasteiger partial charge in [-0.25, -0.2) is 4.79 Å². The second-order valence-electron chi connectivity index (χ2n) is 6.74. The summed E-state index contributed by atoms with van der Waals surface area (Å²) in [5, 5.41) is 19.6. The van der Waals surface area contributed by atoms with Crippen LogP contribution in [0.25, 0.3) is 0 Å². The molecule has 2 aliphatic heterocycles. The van der Waals surface area contributed by atoms with E-state index >= 15 is 0 Å². The Labute approximate surface area is 148 Å². The van der Waals surface area contributed by atoms with Gasteiger partial charge >= 0.3 is 6.09 Å². The third-order valence-electron chi connectivity index (χ3n) is 5.39. The largest absolute Gasteiger partial charge is 0.465 e. The minimum Gasteiger partial charge on any atom is -0.465 e. The molecule has 124 valence electrons. The number of aliphatic hydroxyl groups is 1. The lowest BCUT2D eigenvalue weighted by Gasteiger charge is -2.36. The van der Waals surface area contributed by atoms with E-state index in [0.29, 0.717) is 24.8 Å². The van der Waals surface area contributed by atoms with Crippen molar-refractivity contribution in [3.05, 3.63) is 27.2 Å². The number of amides is 1. The molecular weight excluding hydrogens is 384 g/mol. The van der Waals surface area contributed by atoms with Gasteiger partial charge in [0.25, 0.3) is 0 Å². The zero-order valence-electron chi connectivity index (χ0n) is 12.5. The highest BCUT2D eigenvalue weighted by Crippen LogP contribution is 2.57. The van der Waals surface area contributed by atoms with Crippen LogP contribution in [0, 0.1) is 5.92 Å². The van der Waals surface area contributed by atoms with Crippen LogP contribution in [0.3, 0.4) is 0 Å². The highest BCUT2D eigenvalue weighted by atomic mass is 79.9. The minimum atomic E-state index is -0.955. The summed E-state index contributed by atoms with van der Waals surface area (Å²) < 4.78 is 0.972. The van der Waals surface area contributed by atoms with Crippen molar-refractivity contribution < 1.29 is 15.0 Å². The van der Waals surface area contributed by atoms with Crippen LogP contribution in [-0.2, 0) is 0 Å². The molecule has 0 spiro atoms. The first-order valence-corrected chi connectivity index (χ1v) is 9.02. The summed E-state index contributed by atoms with van der Waals surface area (Å²) in [4.78, 5) is 15.1. The van der Waals surface area contributed by atoms with E-state index < -0.39 is 6.09 Å². The monoisotopic (exact) mass is 400 g/mol. The summed E-state index contributed by atoms with van der Waals surface area (Å²) in [6.45, 7) is 1.26. The first-order valence-electron chi connectivity index (χ1n) is 7.85. The molecule has 2 unspecified atom stereocenters. The van der Waals surface area contributed by atoms with E-state index in [1.807, 2.05) is 12.1 Å². The first-order chi connectivity index (χ1) is 11.0. The number of carboxylic acid groups (broad SMARTS) is 1. The van der Waals surface area contributed by atoms with Crippen LogP contribution in [0.5, 0.6) is 0 Å². The molecular formula is C16H18BrClN2O3. The van der Waals surface area contributed by atoms with Crippen LogP contribution in [0.1, 0.15) is 24.3 Å². The van der Waals surface area contributed by atoms with Crippen molar-refractivity contribution in [1.29, 1.82) is 0 Å². The number of fused-ring (bicyclic) bond motifs is 3. The van der Waals surface area contributed by atoms with Crippen LogP contribution in [0.2, 0.25) is 5.02 Å². The Kier molecular flexibility index (Phi) is 3.74. The number of anilines is 1. The van der Waals surface area contributed by atoms with Gasteiger partial charge in [0, 0.05) is 28.6 Å². The molecule has 4 atom stereocenters. The number of benzene rings is 1. The maximum atomic E-state index is 11.4. The molecule has 1 aliphatic carbocycles. The van der Waals surface area contributed by atoms with E-state index in [-0.39, 0.29) is 18.7 Å². The SMILES string of the molecule is O=C(O)N1C[C@@H](N2CC3CC3c3cc(Cl)cc(Br)c32)C[C@@H]1CO. The molecule has 5 nitrogen and oxygen atoms in total. The van der Waals surface area contributed by atoms with Crippen LogP contribution in [0.4, 0.5) is 10.5 Å². The average molecular weight is 402 g/mol. The second-order valence-corrected chi connectivity index (χ2v) is 8.03. The Balaban J connectivity index is 1.68. The molecule has 0 radical (unpaired) electrons. The van der Waals surface area contributed by atoms with E-state index in [1.165, 1.54) is 16.9 Å². The van der Waals surface area contributed by atoms with Gasteiger partial charge in [-0.05, 0) is 58.3 Å². The molecule has 7 heteroatoms. The first kappa shape index (κ1) is 15.5. The topological polar surface area (TPSA) is 64.0 Å². The standard InChI is InChI=1S/C16H18BrClN2O3/c17-14-3-9(18)2-13-12-1-8(12)5-19(15(13)14)10-4-11(7-21)20(6-10)16(22)23/h2-3,8,10-12,21H,1,4-7H2,(H,22,23)/t8?,10-,11+,12?/m0/s1. The molecule has 0 bridgehead atoms. The predicted molar refractivity (Wildman–Crippen MR) is 91.4 cm³/mol. The lowest BCUT2D eigenvalue weighted by Crippen LogP contribution is -2.42. The second kappa shape index (κ2) is 5.53. The van der Waals surface area contributed by atoms with E-state index in [4.69, 9.17) is 11.6 Å². The van der Waals surface area contributed by atoms with Crippen LogP contribution < -0.4 is 4.90 Å². The van der Waals surface area contributed by atoms with Crippen molar-refractivity contribution in [1.82, 2.24) is 4.90 Å². The van der Waals surface area contributed by atoms with E-state index in [0.717, 1.165) is 21.7 Å². The zero-order chi connectivity index (χ0) is 16.3. The van der Waals surface area contributed by atoms with Crippen molar-refractivity contribution in [3.8, 4) is 0 Å². The van der Waals surface area contributed by atoms with Crippen molar-refractivity contribution in [2.45, 2.75) is 30.8 Å². The molecule has 3 aliphatic rings. The average Bonchev–Trinajstić information content (AvgIpc) is 3.15. The lowest BCUT2D eigenvalue weighted by molar-refractivity contribution is 0.118. The van der Waals surface area contributed by atoms with Gasteiger partial charge in [-0.1, -0.05) is 11.6 Å². The van der Waals surface area contributed by atoms with Gasteiger partial charge in [0.2, 0.25) is 0 Å². The van der Waals surface area contributed by atoms with E-state index in [2.05, 4.69) is 20.8 Å². The zero-order valence-corrected chi connectivity index (χ0v) is 14.8. The van der Waals surface area contributed by atoms with Crippen molar-refractivity contribution in [3.63, 3.8) is 0 Å². The van der Waals surface area contributed by atoms with E-state index in [1.54, 1.807) is 0 Å². The third-order valence-corrected chi connectivity index (χ3v) is 6.21. The molecule has 2 fully saturated rings. The maximum Gasteiger partial charge on any atom is 0.407 e. The molecule has 2 heterocycles. The highest BCUT2D eigenvalue weighted by Gasteiger charge is 2.49. The maximum absolute atomic E-state index is 11.4. The molecule has 1 amide bonds. The van der Waals surface area contributed by atoms with Gasteiger partial charge in [0.15, 0.2) is 0 Å². The van der Waals surface area contributed by atoms with Crippen LogP contribution in [0.15, 0.2) is 16.6 Å². The molecule has 1 aromatic rings. The Morgan fingerprint density at radius 3 is 2.78 bits per heavy atom. The number of hydrogen-bond donors (Lipinski definition) is 2. The molecule has 1 saturated heterocycles. The Bertz CT molecular complexity index is 671. The predicted octanol–water partition coefficient (Wildman–Crippen LogP) is 3.14. The number of halogens is 2. The smallest absolute Gasteiger partial charge is 0.407 e. The highest BCUT2D eigenvalue weighted by molar-refractivity contribution is 9.10. The molecule has 2 N–H and O–H groups in total. The van der Waals surface area contributed by atoms with Crippen molar-refractivity contribution in [2.24, 2.45) is 5.92 Å². The number of aliphatic hydroxyl groups excluding tert-OH is 1. The summed E-state index contributed by atoms with van der Waals surface area (Å²) in [7, 11) is 0. The van der Waals surface area contributed by atoms with Crippen molar-refractivity contribution >= 4 is 39.3 Å². The van der Waals surface area contributed by atoms with Gasteiger partial charge in [0.05, 0.1) is 18.3 Å². The van der Waals surface area contributed by atoms with Gasteiger partial charge in [-0.2, -0.15) is 0 Å². The van der Waals surface area contributed by atoms with Gasteiger partial charge in [0.1, 0.15) is 0 Å². The number of nitrogens with zero attached hydrogens (tertiary/aromatic N) is 2. The van der Waals surface area contributed by atoms with Gasteiger partial charge < -0.3 is 20.0 Å². The molecule has 0 aromatic heterocycles. The summed E-state index contributed by atoms with van der Waals surface area (Å²) in [5.41, 5.74) is 2.43. The number of rotatable bonds is 2. The molecule has 1 saturated carbocycles. The Hall–Kier alpha value is -0.980. The number of carbonyl (C=O) groups is 1. The normalized spacial score (nSPS) is 31.8. The number of hydrogen-bond acceptors (Lipinski definition) is 3. The third kappa shape index (κ3) is 2.51. The van der Waals surface area contributed by atoms with Gasteiger partial charge in [-0.3, -0.25) is 0 Å². The quantitative estimate of drug-likeness (QED) is 0.799. The fourth-order valence-electron chi connectivity index (χ4n) is 4.20. The lowest BCUT2D eigenvalue weighted by atomic mass is 9.99. The summed E-state index contributed by atoms with van der Waals surface area (Å²) in [6.07, 6.45) is 0.882. The minimum absolute atomic E-state index is 0.0982.